The van der Waals surface area contributed by atoms with Gasteiger partial charge in [-0.25, -0.2) is 9.28 Å². The number of piperidine rings is 1. The summed E-state index contributed by atoms with van der Waals surface area (Å²) in [6.07, 6.45) is 7.12. The average Bonchev–Trinajstić information content (AvgIpc) is 2.95. The molecule has 2 atom stereocenters. The molecule has 202 valence electrons. The first-order valence-corrected chi connectivity index (χ1v) is 14.2. The number of ether oxygens (including phenoxy) is 2. The third-order valence-corrected chi connectivity index (χ3v) is 7.46. The van der Waals surface area contributed by atoms with Crippen molar-refractivity contribution in [1.82, 2.24) is 4.48 Å². The first-order chi connectivity index (χ1) is 18.6. The number of amides is 1. The minimum atomic E-state index is -0.766. The minimum Gasteiger partial charge on any atom is -0.493 e. The van der Waals surface area contributed by atoms with Gasteiger partial charge >= 0.3 is 5.91 Å². The summed E-state index contributed by atoms with van der Waals surface area (Å²) in [6.45, 7) is 3.61. The first-order valence-electron chi connectivity index (χ1n) is 14.2. The van der Waals surface area contributed by atoms with Gasteiger partial charge in [-0.1, -0.05) is 67.6 Å². The number of likely N-dealkylation sites (tertiary alicyclic amines) is 1. The summed E-state index contributed by atoms with van der Waals surface area (Å²) in [5.74, 6) is 1.39. The fourth-order valence-corrected chi connectivity index (χ4v) is 5.38. The van der Waals surface area contributed by atoms with Gasteiger partial charge in [0.1, 0.15) is 12.4 Å². The molecule has 1 amide bonds. The Bertz CT molecular complexity index is 1130. The SMILES string of the molecule is CCCC(=O)[N+]1(c2ccc(OCCCCCc3ccccc3)cc2OCc2ccccc2)CCCCC1O. The van der Waals surface area contributed by atoms with E-state index >= 15 is 0 Å². The summed E-state index contributed by atoms with van der Waals surface area (Å²) in [6, 6.07) is 26.4. The topological polar surface area (TPSA) is 55.8 Å². The van der Waals surface area contributed by atoms with Gasteiger partial charge in [0, 0.05) is 18.6 Å². The normalized spacial score (nSPS) is 19.2. The number of aliphatic hydroxyl groups is 1. The van der Waals surface area contributed by atoms with Crippen LogP contribution in [0.4, 0.5) is 5.69 Å². The number of aliphatic hydroxyl groups excluding tert-OH is 1. The second kappa shape index (κ2) is 14.1. The maximum Gasteiger partial charge on any atom is 0.320 e. The highest BCUT2D eigenvalue weighted by Gasteiger charge is 2.48. The van der Waals surface area contributed by atoms with Crippen LogP contribution in [0.25, 0.3) is 0 Å². The maximum atomic E-state index is 13.5. The molecule has 2 unspecified atom stereocenters. The Morgan fingerprint density at radius 1 is 0.895 bits per heavy atom. The smallest absolute Gasteiger partial charge is 0.320 e. The molecule has 0 aliphatic carbocycles. The van der Waals surface area contributed by atoms with E-state index in [1.54, 1.807) is 0 Å². The van der Waals surface area contributed by atoms with E-state index in [9.17, 15) is 9.90 Å². The van der Waals surface area contributed by atoms with E-state index < -0.39 is 6.23 Å². The summed E-state index contributed by atoms with van der Waals surface area (Å²) in [7, 11) is 0. The molecule has 0 bridgehead atoms. The van der Waals surface area contributed by atoms with Crippen molar-refractivity contribution in [3.8, 4) is 11.5 Å². The monoisotopic (exact) mass is 516 g/mol. The Morgan fingerprint density at radius 2 is 1.63 bits per heavy atom. The predicted molar refractivity (Wildman–Crippen MR) is 153 cm³/mol. The summed E-state index contributed by atoms with van der Waals surface area (Å²) >= 11 is 0. The number of hydrogen-bond donors (Lipinski definition) is 1. The van der Waals surface area contributed by atoms with Crippen molar-refractivity contribution < 1.29 is 19.4 Å². The molecule has 0 radical (unpaired) electrons. The van der Waals surface area contributed by atoms with E-state index in [0.29, 0.717) is 38.3 Å². The lowest BCUT2D eigenvalue weighted by molar-refractivity contribution is -0.142. The Labute approximate surface area is 227 Å². The average molecular weight is 517 g/mol. The number of rotatable bonds is 13. The van der Waals surface area contributed by atoms with Crippen LogP contribution in [0.3, 0.4) is 0 Å². The molecular formula is C33H42NO4+. The molecule has 1 heterocycles. The van der Waals surface area contributed by atoms with E-state index in [0.717, 1.165) is 61.9 Å². The van der Waals surface area contributed by atoms with Crippen LogP contribution in [-0.4, -0.2) is 30.4 Å². The molecule has 0 spiro atoms. The van der Waals surface area contributed by atoms with Gasteiger partial charge in [0.25, 0.3) is 0 Å². The van der Waals surface area contributed by atoms with Crippen molar-refractivity contribution in [2.24, 2.45) is 0 Å². The van der Waals surface area contributed by atoms with Gasteiger partial charge in [-0.15, -0.1) is 0 Å². The zero-order valence-corrected chi connectivity index (χ0v) is 22.7. The van der Waals surface area contributed by atoms with Gasteiger partial charge in [-0.2, -0.15) is 0 Å². The molecule has 3 aromatic rings. The number of unbranched alkanes of at least 4 members (excludes halogenated alkanes) is 2. The quantitative estimate of drug-likeness (QED) is 0.193. The number of quaternary nitrogens is 1. The van der Waals surface area contributed by atoms with E-state index in [-0.39, 0.29) is 10.4 Å². The fourth-order valence-electron chi connectivity index (χ4n) is 5.38. The number of nitrogens with zero attached hydrogens (tertiary/aromatic N) is 1. The van der Waals surface area contributed by atoms with Crippen LogP contribution in [0.1, 0.15) is 69.4 Å². The highest BCUT2D eigenvalue weighted by Crippen LogP contribution is 2.42. The van der Waals surface area contributed by atoms with Crippen molar-refractivity contribution in [3.05, 3.63) is 90.0 Å². The van der Waals surface area contributed by atoms with Gasteiger partial charge in [0.2, 0.25) is 6.23 Å². The summed E-state index contributed by atoms with van der Waals surface area (Å²) < 4.78 is 12.4. The fraction of sp³-hybridized carbons (Fsp3) is 0.424. The Kier molecular flexibility index (Phi) is 10.4. The van der Waals surface area contributed by atoms with Gasteiger partial charge in [0.05, 0.1) is 19.6 Å². The van der Waals surface area contributed by atoms with Crippen LogP contribution < -0.4 is 14.0 Å². The minimum absolute atomic E-state index is 0.0522. The molecular weight excluding hydrogens is 474 g/mol. The number of carbonyl (C=O) groups excluding carboxylic acids is 1. The Hall–Kier alpha value is -3.15. The first kappa shape index (κ1) is 27.9. The highest BCUT2D eigenvalue weighted by atomic mass is 16.5. The zero-order valence-electron chi connectivity index (χ0n) is 22.7. The van der Waals surface area contributed by atoms with E-state index in [1.165, 1.54) is 5.56 Å². The number of benzene rings is 3. The van der Waals surface area contributed by atoms with E-state index in [4.69, 9.17) is 9.47 Å². The van der Waals surface area contributed by atoms with Crippen molar-refractivity contribution >= 4 is 11.6 Å². The molecule has 1 fully saturated rings. The van der Waals surface area contributed by atoms with E-state index in [1.807, 2.05) is 55.5 Å². The molecule has 1 saturated heterocycles. The summed E-state index contributed by atoms with van der Waals surface area (Å²) in [5.41, 5.74) is 3.16. The maximum absolute atomic E-state index is 13.5. The molecule has 0 aromatic heterocycles. The second-order valence-electron chi connectivity index (χ2n) is 10.3. The zero-order chi connectivity index (χ0) is 26.6. The van der Waals surface area contributed by atoms with Crippen molar-refractivity contribution in [3.63, 3.8) is 0 Å². The third-order valence-electron chi connectivity index (χ3n) is 7.46. The van der Waals surface area contributed by atoms with Crippen LogP contribution >= 0.6 is 0 Å². The molecule has 1 N–H and O–H groups in total. The molecule has 4 rings (SSSR count). The van der Waals surface area contributed by atoms with Crippen molar-refractivity contribution in [2.45, 2.75) is 77.5 Å². The standard InChI is InChI=1S/C33H42NO4/c1-2-14-32(35)34(23-12-11-20-33(34)36)30-22-21-29(25-31(30)38-26-28-18-8-4-9-19-28)37-24-13-5-10-17-27-15-6-3-7-16-27/h3-4,6-9,15-16,18-19,21-22,25,33,36H,2,5,10-14,17,20,23-24,26H2,1H3/q+1. The summed E-state index contributed by atoms with van der Waals surface area (Å²) in [5, 5.41) is 11.2. The van der Waals surface area contributed by atoms with E-state index in [2.05, 4.69) is 30.3 Å². The Balaban J connectivity index is 1.49. The summed E-state index contributed by atoms with van der Waals surface area (Å²) in [4.78, 5) is 13.5. The Morgan fingerprint density at radius 3 is 2.34 bits per heavy atom. The van der Waals surface area contributed by atoms with Crippen molar-refractivity contribution in [1.29, 1.82) is 0 Å². The third kappa shape index (κ3) is 7.03. The van der Waals surface area contributed by atoms with Crippen LogP contribution in [-0.2, 0) is 17.8 Å². The van der Waals surface area contributed by atoms with Crippen LogP contribution in [0.2, 0.25) is 0 Å². The molecule has 1 aliphatic rings. The molecule has 5 nitrogen and oxygen atoms in total. The van der Waals surface area contributed by atoms with Gasteiger partial charge < -0.3 is 14.6 Å². The lowest BCUT2D eigenvalue weighted by Gasteiger charge is -2.42. The lowest BCUT2D eigenvalue weighted by Crippen LogP contribution is -2.63. The second-order valence-corrected chi connectivity index (χ2v) is 10.3. The van der Waals surface area contributed by atoms with Gasteiger partial charge in [-0.05, 0) is 62.1 Å². The largest absolute Gasteiger partial charge is 0.493 e. The predicted octanol–water partition coefficient (Wildman–Crippen LogP) is 7.19. The van der Waals surface area contributed by atoms with Gasteiger partial charge in [-0.3, -0.25) is 0 Å². The van der Waals surface area contributed by atoms with Crippen LogP contribution in [0, 0.1) is 0 Å². The number of aryl methyl sites for hydroxylation is 1. The van der Waals surface area contributed by atoms with Crippen LogP contribution in [0.15, 0.2) is 78.9 Å². The molecule has 0 saturated carbocycles. The lowest BCUT2D eigenvalue weighted by atomic mass is 10.0. The molecule has 3 aromatic carbocycles. The highest BCUT2D eigenvalue weighted by molar-refractivity contribution is 5.90. The van der Waals surface area contributed by atoms with Crippen molar-refractivity contribution in [2.75, 3.05) is 13.2 Å². The van der Waals surface area contributed by atoms with Gasteiger partial charge in [0.15, 0.2) is 11.4 Å². The van der Waals surface area contributed by atoms with Crippen LogP contribution in [0.5, 0.6) is 11.5 Å². The molecule has 5 heteroatoms. The molecule has 38 heavy (non-hydrogen) atoms. The molecule has 1 aliphatic heterocycles. The number of carbonyl (C=O) groups is 1. The number of hydrogen-bond acceptors (Lipinski definition) is 4.